The topological polar surface area (TPSA) is 20.2 Å². The first-order valence-corrected chi connectivity index (χ1v) is 4.56. The van der Waals surface area contributed by atoms with Crippen LogP contribution in [-0.4, -0.2) is 11.2 Å². The zero-order valence-electron chi connectivity index (χ0n) is 5.90. The van der Waals surface area contributed by atoms with E-state index in [1.165, 1.54) is 12.8 Å². The van der Waals surface area contributed by atoms with Gasteiger partial charge < -0.3 is 5.11 Å². The van der Waals surface area contributed by atoms with E-state index in [9.17, 15) is 5.11 Å². The Morgan fingerprint density at radius 3 is 2.20 bits per heavy atom. The lowest BCUT2D eigenvalue weighted by atomic mass is 9.84. The van der Waals surface area contributed by atoms with Crippen LogP contribution in [0, 0.1) is 35.5 Å². The van der Waals surface area contributed by atoms with Gasteiger partial charge >= 0.3 is 0 Å². The van der Waals surface area contributed by atoms with Gasteiger partial charge in [-0.05, 0) is 48.3 Å². The molecule has 0 amide bonds. The van der Waals surface area contributed by atoms with Gasteiger partial charge in [0.25, 0.3) is 0 Å². The van der Waals surface area contributed by atoms with Crippen LogP contribution in [0.25, 0.3) is 0 Å². The van der Waals surface area contributed by atoms with Gasteiger partial charge in [-0.25, -0.2) is 0 Å². The van der Waals surface area contributed by atoms with Gasteiger partial charge in [0.15, 0.2) is 0 Å². The van der Waals surface area contributed by atoms with Crippen molar-refractivity contribution in [2.24, 2.45) is 35.5 Å². The van der Waals surface area contributed by atoms with Crippen molar-refractivity contribution in [1.29, 1.82) is 0 Å². The summed E-state index contributed by atoms with van der Waals surface area (Å²) < 4.78 is 0. The van der Waals surface area contributed by atoms with E-state index >= 15 is 0 Å². The van der Waals surface area contributed by atoms with Gasteiger partial charge in [0, 0.05) is 0 Å². The number of rotatable bonds is 0. The number of fused-ring (bicyclic) bond motifs is 3. The van der Waals surface area contributed by atoms with E-state index in [0.717, 1.165) is 35.5 Å². The third kappa shape index (κ3) is 0.268. The van der Waals surface area contributed by atoms with Crippen molar-refractivity contribution in [3.8, 4) is 0 Å². The van der Waals surface area contributed by atoms with Crippen molar-refractivity contribution in [3.05, 3.63) is 0 Å². The molecule has 5 unspecified atom stereocenters. The molecule has 1 heteroatoms. The molecule has 4 aliphatic carbocycles. The fraction of sp³-hybridized carbons (Fsp3) is 1.00. The minimum Gasteiger partial charge on any atom is -0.393 e. The maximum Gasteiger partial charge on any atom is 0.0605 e. The quantitative estimate of drug-likeness (QED) is 0.524. The van der Waals surface area contributed by atoms with Crippen molar-refractivity contribution in [1.82, 2.24) is 0 Å². The van der Waals surface area contributed by atoms with Crippen LogP contribution in [0.1, 0.15) is 12.8 Å². The van der Waals surface area contributed by atoms with Gasteiger partial charge in [0.2, 0.25) is 0 Å². The molecule has 0 aromatic rings. The summed E-state index contributed by atoms with van der Waals surface area (Å²) in [7, 11) is 0. The Kier molecular flexibility index (Phi) is 0.513. The summed E-state index contributed by atoms with van der Waals surface area (Å²) in [6.07, 6.45) is 3.00. The Bertz CT molecular complexity index is 192. The van der Waals surface area contributed by atoms with Crippen LogP contribution in [0.15, 0.2) is 0 Å². The summed E-state index contributed by atoms with van der Waals surface area (Å²) in [6, 6.07) is 0. The summed E-state index contributed by atoms with van der Waals surface area (Å²) in [5, 5.41) is 9.73. The second-order valence-corrected chi connectivity index (χ2v) is 4.78. The average Bonchev–Trinajstić information content (AvgIpc) is 2.35. The van der Waals surface area contributed by atoms with Crippen molar-refractivity contribution < 1.29 is 5.11 Å². The maximum atomic E-state index is 9.73. The monoisotopic (exact) mass is 136 g/mol. The van der Waals surface area contributed by atoms with E-state index < -0.39 is 0 Å². The molecule has 1 nitrogen and oxygen atoms in total. The third-order valence-electron chi connectivity index (χ3n) is 4.76. The molecule has 4 aliphatic rings. The predicted molar refractivity (Wildman–Crippen MR) is 36.2 cm³/mol. The summed E-state index contributed by atoms with van der Waals surface area (Å²) in [4.78, 5) is 0. The lowest BCUT2D eigenvalue weighted by molar-refractivity contribution is 0.0643. The van der Waals surface area contributed by atoms with Crippen LogP contribution in [-0.2, 0) is 0 Å². The molecular formula is C9H12O. The van der Waals surface area contributed by atoms with Gasteiger partial charge in [-0.1, -0.05) is 0 Å². The highest BCUT2D eigenvalue weighted by atomic mass is 16.3. The molecule has 0 aliphatic heterocycles. The summed E-state index contributed by atoms with van der Waals surface area (Å²) in [5.74, 6) is 5.61. The van der Waals surface area contributed by atoms with Crippen molar-refractivity contribution >= 4 is 0 Å². The second-order valence-electron chi connectivity index (χ2n) is 4.78. The first kappa shape index (κ1) is 4.76. The fourth-order valence-electron chi connectivity index (χ4n) is 4.62. The molecule has 0 heterocycles. The highest BCUT2D eigenvalue weighted by Crippen LogP contribution is 2.78. The Balaban J connectivity index is 1.94. The molecule has 4 rings (SSSR count). The van der Waals surface area contributed by atoms with Crippen LogP contribution in [0.2, 0.25) is 0 Å². The molecule has 0 radical (unpaired) electrons. The van der Waals surface area contributed by atoms with Crippen LogP contribution >= 0.6 is 0 Å². The molecule has 0 spiro atoms. The zero-order chi connectivity index (χ0) is 6.46. The molecule has 0 aromatic heterocycles. The molecule has 0 saturated heterocycles. The SMILES string of the molecule is OC1C2C3C2[C@@H]2C[C@H]3CC12. The van der Waals surface area contributed by atoms with Gasteiger partial charge in [-0.2, -0.15) is 0 Å². The standard InChI is InChI=1S/C9H12O/c10-9-5-2-3-1-4(5)7-6(3)8(7)9/h3-10H,1-2H2/t3-,4+,5?,6?,7?,8?,9?/m0/s1. The van der Waals surface area contributed by atoms with Gasteiger partial charge in [0.1, 0.15) is 0 Å². The van der Waals surface area contributed by atoms with Crippen LogP contribution in [0.5, 0.6) is 0 Å². The molecule has 7 atom stereocenters. The molecule has 4 fully saturated rings. The molecule has 2 bridgehead atoms. The Morgan fingerprint density at radius 1 is 0.900 bits per heavy atom. The van der Waals surface area contributed by atoms with Crippen LogP contribution < -0.4 is 0 Å². The second kappa shape index (κ2) is 1.08. The van der Waals surface area contributed by atoms with Crippen molar-refractivity contribution in [2.75, 3.05) is 0 Å². The number of hydrogen-bond donors (Lipinski definition) is 1. The normalized spacial score (nSPS) is 80.7. The summed E-state index contributed by atoms with van der Waals surface area (Å²) in [5.41, 5.74) is 0. The van der Waals surface area contributed by atoms with Gasteiger partial charge in [-0.3, -0.25) is 0 Å². The Morgan fingerprint density at radius 2 is 1.70 bits per heavy atom. The Hall–Kier alpha value is -0.0400. The van der Waals surface area contributed by atoms with Crippen molar-refractivity contribution in [3.63, 3.8) is 0 Å². The van der Waals surface area contributed by atoms with E-state index in [-0.39, 0.29) is 6.10 Å². The van der Waals surface area contributed by atoms with E-state index in [0.29, 0.717) is 0 Å². The fourth-order valence-corrected chi connectivity index (χ4v) is 4.62. The summed E-state index contributed by atoms with van der Waals surface area (Å²) in [6.45, 7) is 0. The molecule has 10 heavy (non-hydrogen) atoms. The van der Waals surface area contributed by atoms with Crippen molar-refractivity contribution in [2.45, 2.75) is 18.9 Å². The number of aliphatic hydroxyl groups excluding tert-OH is 1. The maximum absolute atomic E-state index is 9.73. The smallest absolute Gasteiger partial charge is 0.0605 e. The average molecular weight is 136 g/mol. The molecule has 1 N–H and O–H groups in total. The first-order valence-electron chi connectivity index (χ1n) is 4.56. The summed E-state index contributed by atoms with van der Waals surface area (Å²) >= 11 is 0. The molecular weight excluding hydrogens is 124 g/mol. The van der Waals surface area contributed by atoms with Gasteiger partial charge in [-0.15, -0.1) is 0 Å². The third-order valence-corrected chi connectivity index (χ3v) is 4.76. The van der Waals surface area contributed by atoms with Crippen LogP contribution in [0.4, 0.5) is 0 Å². The van der Waals surface area contributed by atoms with E-state index in [1.54, 1.807) is 0 Å². The largest absolute Gasteiger partial charge is 0.393 e. The van der Waals surface area contributed by atoms with Crippen LogP contribution in [0.3, 0.4) is 0 Å². The van der Waals surface area contributed by atoms with E-state index in [1.807, 2.05) is 0 Å². The van der Waals surface area contributed by atoms with Gasteiger partial charge in [0.05, 0.1) is 6.10 Å². The number of hydrogen-bond acceptors (Lipinski definition) is 1. The number of aliphatic hydroxyl groups is 1. The first-order chi connectivity index (χ1) is 4.88. The Labute approximate surface area is 60.4 Å². The van der Waals surface area contributed by atoms with E-state index in [4.69, 9.17) is 0 Å². The molecule has 4 saturated carbocycles. The predicted octanol–water partition coefficient (Wildman–Crippen LogP) is 0.879. The lowest BCUT2D eigenvalue weighted by Gasteiger charge is -2.25. The molecule has 54 valence electrons. The molecule has 0 aromatic carbocycles. The highest BCUT2D eigenvalue weighted by molar-refractivity contribution is 5.24. The minimum absolute atomic E-state index is 0.138. The zero-order valence-corrected chi connectivity index (χ0v) is 5.90. The minimum atomic E-state index is 0.138. The van der Waals surface area contributed by atoms with E-state index in [2.05, 4.69) is 0 Å². The highest BCUT2D eigenvalue weighted by Gasteiger charge is 2.76. The lowest BCUT2D eigenvalue weighted by Crippen LogP contribution is -2.26.